The van der Waals surface area contributed by atoms with Gasteiger partial charge in [-0.05, 0) is 35.4 Å². The molecule has 0 unspecified atom stereocenters. The van der Waals surface area contributed by atoms with E-state index >= 15 is 0 Å². The lowest BCUT2D eigenvalue weighted by Gasteiger charge is -2.14. The van der Waals surface area contributed by atoms with Gasteiger partial charge in [-0.3, -0.25) is 4.99 Å². The molecule has 1 heterocycles. The first-order chi connectivity index (χ1) is 14.3. The van der Waals surface area contributed by atoms with Gasteiger partial charge < -0.3 is 24.5 Å². The predicted molar refractivity (Wildman–Crippen MR) is 130 cm³/mol. The zero-order valence-corrected chi connectivity index (χ0v) is 19.6. The molecule has 160 valence electrons. The number of guanidine groups is 1. The number of ether oxygens (including phenoxy) is 2. The van der Waals surface area contributed by atoms with Crippen molar-refractivity contribution in [3.8, 4) is 11.5 Å². The van der Waals surface area contributed by atoms with Gasteiger partial charge in [0.1, 0.15) is 12.4 Å². The number of hydrogen-bond acceptors (Lipinski definition) is 4. The van der Waals surface area contributed by atoms with Gasteiger partial charge in [-0.2, -0.15) is 0 Å². The fourth-order valence-electron chi connectivity index (χ4n) is 2.84. The molecule has 0 saturated carbocycles. The van der Waals surface area contributed by atoms with Crippen molar-refractivity contribution in [3.63, 3.8) is 0 Å². The third-order valence-electron chi connectivity index (χ3n) is 4.39. The molecule has 7 heteroatoms. The van der Waals surface area contributed by atoms with Crippen LogP contribution < -0.4 is 20.1 Å². The maximum atomic E-state index is 5.91. The van der Waals surface area contributed by atoms with Crippen LogP contribution in [0.5, 0.6) is 11.5 Å². The van der Waals surface area contributed by atoms with Crippen molar-refractivity contribution in [2.24, 2.45) is 4.99 Å². The largest absolute Gasteiger partial charge is 0.493 e. The molecule has 6 nitrogen and oxygen atoms in total. The van der Waals surface area contributed by atoms with E-state index in [0.29, 0.717) is 18.9 Å². The Morgan fingerprint density at radius 3 is 2.50 bits per heavy atom. The molecule has 0 amide bonds. The van der Waals surface area contributed by atoms with Gasteiger partial charge in [-0.1, -0.05) is 36.4 Å². The Hall–Kier alpha value is -2.68. The van der Waals surface area contributed by atoms with Crippen LogP contribution in [-0.2, 0) is 19.6 Å². The second kappa shape index (κ2) is 12.8. The minimum Gasteiger partial charge on any atom is -0.493 e. The first-order valence-electron chi connectivity index (χ1n) is 9.59. The van der Waals surface area contributed by atoms with E-state index in [-0.39, 0.29) is 24.0 Å². The van der Waals surface area contributed by atoms with Crippen molar-refractivity contribution in [1.29, 1.82) is 0 Å². The van der Waals surface area contributed by atoms with Crippen LogP contribution in [0.3, 0.4) is 0 Å². The van der Waals surface area contributed by atoms with Gasteiger partial charge in [-0.25, -0.2) is 0 Å². The van der Waals surface area contributed by atoms with Crippen LogP contribution in [0.4, 0.5) is 0 Å². The monoisotopic (exact) mass is 521 g/mol. The predicted octanol–water partition coefficient (Wildman–Crippen LogP) is 4.39. The number of nitrogens with zero attached hydrogens (tertiary/aromatic N) is 1. The van der Waals surface area contributed by atoms with E-state index < -0.39 is 0 Å². The highest BCUT2D eigenvalue weighted by Gasteiger charge is 2.07. The number of furan rings is 1. The van der Waals surface area contributed by atoms with Crippen LogP contribution in [0.15, 0.2) is 76.3 Å². The van der Waals surface area contributed by atoms with Crippen molar-refractivity contribution in [3.05, 3.63) is 83.8 Å². The second-order valence-corrected chi connectivity index (χ2v) is 6.44. The third kappa shape index (κ3) is 7.29. The number of halogens is 1. The molecule has 1 aromatic heterocycles. The van der Waals surface area contributed by atoms with Gasteiger partial charge in [0.05, 0.1) is 13.4 Å². The molecule has 0 atom stereocenters. The molecular weight excluding hydrogens is 493 g/mol. The third-order valence-corrected chi connectivity index (χ3v) is 4.39. The smallest absolute Gasteiger partial charge is 0.191 e. The molecule has 2 aromatic carbocycles. The number of rotatable bonds is 9. The molecule has 0 aliphatic carbocycles. The topological polar surface area (TPSA) is 68.0 Å². The molecule has 3 rings (SSSR count). The van der Waals surface area contributed by atoms with Crippen LogP contribution in [0.25, 0.3) is 0 Å². The normalized spacial score (nSPS) is 10.8. The summed E-state index contributed by atoms with van der Waals surface area (Å²) in [6.45, 7) is 1.86. The van der Waals surface area contributed by atoms with E-state index in [9.17, 15) is 0 Å². The summed E-state index contributed by atoms with van der Waals surface area (Å²) in [7, 11) is 3.40. The van der Waals surface area contributed by atoms with Crippen LogP contribution in [-0.4, -0.2) is 26.7 Å². The summed E-state index contributed by atoms with van der Waals surface area (Å²) in [5, 5.41) is 6.59. The molecule has 3 aromatic rings. The van der Waals surface area contributed by atoms with Gasteiger partial charge >= 0.3 is 0 Å². The van der Waals surface area contributed by atoms with Gasteiger partial charge in [0.25, 0.3) is 0 Å². The Bertz CT molecular complexity index is 899. The highest BCUT2D eigenvalue weighted by molar-refractivity contribution is 14.0. The maximum Gasteiger partial charge on any atom is 0.191 e. The summed E-state index contributed by atoms with van der Waals surface area (Å²) < 4.78 is 16.8. The van der Waals surface area contributed by atoms with E-state index in [0.717, 1.165) is 41.6 Å². The summed E-state index contributed by atoms with van der Waals surface area (Å²) >= 11 is 0. The van der Waals surface area contributed by atoms with Crippen LogP contribution in [0.2, 0.25) is 0 Å². The van der Waals surface area contributed by atoms with E-state index in [4.69, 9.17) is 13.9 Å². The molecule has 0 fully saturated rings. The second-order valence-electron chi connectivity index (χ2n) is 6.44. The minimum atomic E-state index is 0. The molecule has 0 saturated heterocycles. The Morgan fingerprint density at radius 2 is 1.80 bits per heavy atom. The van der Waals surface area contributed by atoms with Crippen LogP contribution in [0, 0.1) is 0 Å². The molecule has 0 spiro atoms. The highest BCUT2D eigenvalue weighted by atomic mass is 127. The van der Waals surface area contributed by atoms with E-state index in [2.05, 4.69) is 15.6 Å². The fraction of sp³-hybridized carbons (Fsp3) is 0.261. The minimum absolute atomic E-state index is 0. The summed E-state index contributed by atoms with van der Waals surface area (Å²) in [5.41, 5.74) is 2.19. The average molecular weight is 521 g/mol. The number of methoxy groups -OCH3 is 1. The number of hydrogen-bond donors (Lipinski definition) is 2. The van der Waals surface area contributed by atoms with Crippen molar-refractivity contribution in [1.82, 2.24) is 10.6 Å². The van der Waals surface area contributed by atoms with Crippen molar-refractivity contribution < 1.29 is 13.9 Å². The van der Waals surface area contributed by atoms with E-state index in [1.54, 1.807) is 20.4 Å². The summed E-state index contributed by atoms with van der Waals surface area (Å²) in [6, 6.07) is 19.9. The van der Waals surface area contributed by atoms with Gasteiger partial charge in [0, 0.05) is 26.6 Å². The Kier molecular flexibility index (Phi) is 10.1. The van der Waals surface area contributed by atoms with Crippen LogP contribution >= 0.6 is 24.0 Å². The number of nitrogens with one attached hydrogen (secondary N) is 2. The molecule has 0 radical (unpaired) electrons. The molecule has 2 N–H and O–H groups in total. The lowest BCUT2D eigenvalue weighted by molar-refractivity contribution is 0.284. The Morgan fingerprint density at radius 1 is 0.967 bits per heavy atom. The standard InChI is InChI=1S/C23H27N3O3.HI/c1-24-23(25-13-12-20-9-6-14-28-20)26-16-19-10-11-21(22(15-19)27-2)29-17-18-7-4-3-5-8-18;/h3-11,14-15H,12-13,16-17H2,1-2H3,(H2,24,25,26);1H. The zero-order chi connectivity index (χ0) is 20.3. The van der Waals surface area contributed by atoms with Crippen molar-refractivity contribution >= 4 is 29.9 Å². The van der Waals surface area contributed by atoms with Gasteiger partial charge in [0.2, 0.25) is 0 Å². The van der Waals surface area contributed by atoms with Crippen LogP contribution in [0.1, 0.15) is 16.9 Å². The quantitative estimate of drug-likeness (QED) is 0.249. The lowest BCUT2D eigenvalue weighted by atomic mass is 10.2. The molecule has 0 bridgehead atoms. The van der Waals surface area contributed by atoms with Crippen molar-refractivity contribution in [2.75, 3.05) is 20.7 Å². The SMILES string of the molecule is CN=C(NCCc1ccco1)NCc1ccc(OCc2ccccc2)c(OC)c1.I. The first-order valence-corrected chi connectivity index (χ1v) is 9.59. The summed E-state index contributed by atoms with van der Waals surface area (Å²) in [6.07, 6.45) is 2.48. The molecule has 0 aliphatic rings. The molecular formula is C23H28IN3O3. The Labute approximate surface area is 194 Å². The number of benzene rings is 2. The lowest BCUT2D eigenvalue weighted by Crippen LogP contribution is -2.37. The summed E-state index contributed by atoms with van der Waals surface area (Å²) in [5.74, 6) is 3.12. The highest BCUT2D eigenvalue weighted by Crippen LogP contribution is 2.28. The Balaban J connectivity index is 0.00000320. The van der Waals surface area contributed by atoms with Gasteiger partial charge in [-0.15, -0.1) is 24.0 Å². The first kappa shape index (κ1) is 23.6. The molecule has 0 aliphatic heterocycles. The maximum absolute atomic E-state index is 5.91. The van der Waals surface area contributed by atoms with E-state index in [1.165, 1.54) is 0 Å². The van der Waals surface area contributed by atoms with E-state index in [1.807, 2.05) is 60.7 Å². The van der Waals surface area contributed by atoms with Crippen molar-refractivity contribution in [2.45, 2.75) is 19.6 Å². The fourth-order valence-corrected chi connectivity index (χ4v) is 2.84. The molecule has 30 heavy (non-hydrogen) atoms. The zero-order valence-electron chi connectivity index (χ0n) is 17.3. The average Bonchev–Trinajstić information content (AvgIpc) is 3.29. The van der Waals surface area contributed by atoms with Gasteiger partial charge in [0.15, 0.2) is 17.5 Å². The number of aliphatic imine (C=N–C) groups is 1. The summed E-state index contributed by atoms with van der Waals surface area (Å²) in [4.78, 5) is 4.25.